The largest absolute Gasteiger partial charge is 0.326 e. The van der Waals surface area contributed by atoms with Crippen molar-refractivity contribution in [1.82, 2.24) is 4.90 Å². The second-order valence-corrected chi connectivity index (χ2v) is 5.67. The van der Waals surface area contributed by atoms with Gasteiger partial charge >= 0.3 is 0 Å². The summed E-state index contributed by atoms with van der Waals surface area (Å²) >= 11 is 0. The van der Waals surface area contributed by atoms with Crippen molar-refractivity contribution in [2.45, 2.75) is 6.92 Å². The Bertz CT molecular complexity index is 925. The molecule has 2 aromatic rings. The summed E-state index contributed by atoms with van der Waals surface area (Å²) < 4.78 is 13.8. The van der Waals surface area contributed by atoms with E-state index in [2.05, 4.69) is 10.6 Å². The molecule has 7 nitrogen and oxygen atoms in total. The SMILES string of the molecule is CC(=O)Nc1ccc(NC(=O)CN2C(=O)c3cccc(F)c3C2=O)cc1. The van der Waals surface area contributed by atoms with E-state index in [1.54, 1.807) is 24.3 Å². The van der Waals surface area contributed by atoms with E-state index in [0.29, 0.717) is 16.3 Å². The lowest BCUT2D eigenvalue weighted by atomic mass is 10.1. The molecule has 0 saturated heterocycles. The molecule has 0 aliphatic carbocycles. The molecule has 0 saturated carbocycles. The number of carbonyl (C=O) groups excluding carboxylic acids is 4. The highest BCUT2D eigenvalue weighted by molar-refractivity contribution is 6.22. The summed E-state index contributed by atoms with van der Waals surface area (Å²) in [5.41, 5.74) is 0.616. The molecule has 1 heterocycles. The molecule has 132 valence electrons. The molecular formula is C18H14FN3O4. The van der Waals surface area contributed by atoms with Crippen LogP contribution in [0.25, 0.3) is 0 Å². The number of anilines is 2. The Morgan fingerprint density at radius 3 is 2.15 bits per heavy atom. The molecule has 1 aliphatic heterocycles. The number of hydrogen-bond acceptors (Lipinski definition) is 4. The average Bonchev–Trinajstić information content (AvgIpc) is 2.82. The molecule has 2 aromatic carbocycles. The molecule has 26 heavy (non-hydrogen) atoms. The Morgan fingerprint density at radius 1 is 0.962 bits per heavy atom. The highest BCUT2D eigenvalue weighted by Crippen LogP contribution is 2.25. The van der Waals surface area contributed by atoms with E-state index in [1.165, 1.54) is 19.1 Å². The third-order valence-corrected chi connectivity index (χ3v) is 3.74. The van der Waals surface area contributed by atoms with Crippen LogP contribution >= 0.6 is 0 Å². The Balaban J connectivity index is 1.67. The number of nitrogens with zero attached hydrogens (tertiary/aromatic N) is 1. The van der Waals surface area contributed by atoms with E-state index in [1.807, 2.05) is 0 Å². The molecule has 8 heteroatoms. The Labute approximate surface area is 147 Å². The lowest BCUT2D eigenvalue weighted by Gasteiger charge is -2.14. The molecule has 0 radical (unpaired) electrons. The van der Waals surface area contributed by atoms with Gasteiger partial charge in [-0.25, -0.2) is 4.39 Å². The minimum absolute atomic E-state index is 0.0533. The van der Waals surface area contributed by atoms with Gasteiger partial charge in [-0.05, 0) is 36.4 Å². The van der Waals surface area contributed by atoms with Gasteiger partial charge in [0, 0.05) is 18.3 Å². The van der Waals surface area contributed by atoms with Gasteiger partial charge in [0.05, 0.1) is 11.1 Å². The van der Waals surface area contributed by atoms with Crippen molar-refractivity contribution in [2.24, 2.45) is 0 Å². The Kier molecular flexibility index (Phi) is 4.49. The lowest BCUT2D eigenvalue weighted by molar-refractivity contribution is -0.116. The van der Waals surface area contributed by atoms with Gasteiger partial charge in [0.2, 0.25) is 11.8 Å². The molecule has 3 rings (SSSR count). The third-order valence-electron chi connectivity index (χ3n) is 3.74. The van der Waals surface area contributed by atoms with E-state index in [-0.39, 0.29) is 17.0 Å². The van der Waals surface area contributed by atoms with Gasteiger partial charge in [-0.1, -0.05) is 6.07 Å². The smallest absolute Gasteiger partial charge is 0.265 e. The Morgan fingerprint density at radius 2 is 1.58 bits per heavy atom. The van der Waals surface area contributed by atoms with Gasteiger partial charge in [-0.3, -0.25) is 24.1 Å². The number of amides is 4. The summed E-state index contributed by atoms with van der Waals surface area (Å²) in [5.74, 6) is -3.16. The fourth-order valence-corrected chi connectivity index (χ4v) is 2.62. The fourth-order valence-electron chi connectivity index (χ4n) is 2.62. The van der Waals surface area contributed by atoms with E-state index < -0.39 is 30.1 Å². The first kappa shape index (κ1) is 17.3. The van der Waals surface area contributed by atoms with Gasteiger partial charge in [0.25, 0.3) is 11.8 Å². The first-order chi connectivity index (χ1) is 12.4. The fraction of sp³-hybridized carbons (Fsp3) is 0.111. The highest BCUT2D eigenvalue weighted by atomic mass is 19.1. The number of hydrogen-bond donors (Lipinski definition) is 2. The summed E-state index contributed by atoms with van der Waals surface area (Å²) in [6.07, 6.45) is 0. The normalized spacial score (nSPS) is 12.8. The van der Waals surface area contributed by atoms with Crippen LogP contribution in [0.15, 0.2) is 42.5 Å². The van der Waals surface area contributed by atoms with Crippen LogP contribution in [0, 0.1) is 5.82 Å². The number of halogens is 1. The van der Waals surface area contributed by atoms with Gasteiger partial charge in [0.1, 0.15) is 12.4 Å². The predicted octanol–water partition coefficient (Wildman–Crippen LogP) is 2.02. The molecule has 0 spiro atoms. The van der Waals surface area contributed by atoms with Crippen molar-refractivity contribution in [3.8, 4) is 0 Å². The second kappa shape index (κ2) is 6.75. The van der Waals surface area contributed by atoms with Crippen LogP contribution in [0.1, 0.15) is 27.6 Å². The van der Waals surface area contributed by atoms with E-state index in [9.17, 15) is 23.6 Å². The average molecular weight is 355 g/mol. The molecule has 0 fully saturated rings. The molecule has 2 N–H and O–H groups in total. The maximum Gasteiger partial charge on any atom is 0.265 e. The number of rotatable bonds is 4. The summed E-state index contributed by atoms with van der Waals surface area (Å²) in [6.45, 7) is 0.847. The monoisotopic (exact) mass is 355 g/mol. The first-order valence-electron chi connectivity index (χ1n) is 7.69. The van der Waals surface area contributed by atoms with Crippen molar-refractivity contribution in [3.05, 3.63) is 59.4 Å². The highest BCUT2D eigenvalue weighted by Gasteiger charge is 2.38. The first-order valence-corrected chi connectivity index (χ1v) is 7.69. The second-order valence-electron chi connectivity index (χ2n) is 5.67. The van der Waals surface area contributed by atoms with Crippen molar-refractivity contribution in [3.63, 3.8) is 0 Å². The van der Waals surface area contributed by atoms with Crippen LogP contribution in [0.3, 0.4) is 0 Å². The third kappa shape index (κ3) is 3.30. The van der Waals surface area contributed by atoms with Crippen molar-refractivity contribution in [2.75, 3.05) is 17.2 Å². The molecule has 0 atom stereocenters. The summed E-state index contributed by atoms with van der Waals surface area (Å²) in [7, 11) is 0. The topological polar surface area (TPSA) is 95.6 Å². The minimum atomic E-state index is -0.834. The number of nitrogens with one attached hydrogen (secondary N) is 2. The van der Waals surface area contributed by atoms with Crippen molar-refractivity contribution in [1.29, 1.82) is 0 Å². The molecule has 4 amide bonds. The molecule has 1 aliphatic rings. The van der Waals surface area contributed by atoms with Crippen LogP contribution in [0.5, 0.6) is 0 Å². The number of fused-ring (bicyclic) bond motifs is 1. The van der Waals surface area contributed by atoms with Gasteiger partial charge in [0.15, 0.2) is 0 Å². The van der Waals surface area contributed by atoms with Gasteiger partial charge < -0.3 is 10.6 Å². The van der Waals surface area contributed by atoms with E-state index >= 15 is 0 Å². The zero-order valence-electron chi connectivity index (χ0n) is 13.7. The predicted molar refractivity (Wildman–Crippen MR) is 91.1 cm³/mol. The summed E-state index contributed by atoms with van der Waals surface area (Å²) in [5, 5.41) is 5.13. The number of carbonyl (C=O) groups is 4. The molecular weight excluding hydrogens is 341 g/mol. The van der Waals surface area contributed by atoms with Gasteiger partial charge in [-0.15, -0.1) is 0 Å². The maximum atomic E-state index is 13.8. The minimum Gasteiger partial charge on any atom is -0.326 e. The summed E-state index contributed by atoms with van der Waals surface area (Å²) in [6, 6.07) is 10.1. The number of imide groups is 1. The maximum absolute atomic E-state index is 13.8. The van der Waals surface area contributed by atoms with Crippen LogP contribution < -0.4 is 10.6 Å². The quantitative estimate of drug-likeness (QED) is 0.820. The van der Waals surface area contributed by atoms with Crippen LogP contribution in [0.2, 0.25) is 0 Å². The standard InChI is InChI=1S/C18H14FN3O4/c1-10(23)20-11-5-7-12(8-6-11)21-15(24)9-22-17(25)13-3-2-4-14(19)16(13)18(22)26/h2-8H,9H2,1H3,(H,20,23)(H,21,24). The van der Waals surface area contributed by atoms with Crippen LogP contribution in [-0.2, 0) is 9.59 Å². The zero-order chi connectivity index (χ0) is 18.8. The van der Waals surface area contributed by atoms with Crippen LogP contribution in [0.4, 0.5) is 15.8 Å². The molecule has 0 aromatic heterocycles. The summed E-state index contributed by atoms with van der Waals surface area (Å²) in [4.78, 5) is 48.2. The van der Waals surface area contributed by atoms with E-state index in [4.69, 9.17) is 0 Å². The zero-order valence-corrected chi connectivity index (χ0v) is 13.7. The van der Waals surface area contributed by atoms with E-state index in [0.717, 1.165) is 6.07 Å². The Hall–Kier alpha value is -3.55. The molecule has 0 bridgehead atoms. The molecule has 0 unspecified atom stereocenters. The van der Waals surface area contributed by atoms with Gasteiger partial charge in [-0.2, -0.15) is 0 Å². The van der Waals surface area contributed by atoms with Crippen LogP contribution in [-0.4, -0.2) is 35.1 Å². The number of benzene rings is 2. The lowest BCUT2D eigenvalue weighted by Crippen LogP contribution is -2.37. The van der Waals surface area contributed by atoms with Crippen molar-refractivity contribution < 1.29 is 23.6 Å². The van der Waals surface area contributed by atoms with Crippen molar-refractivity contribution >= 4 is 35.0 Å².